The molecule has 130 valence electrons. The molecule has 25 heavy (non-hydrogen) atoms. The first-order chi connectivity index (χ1) is 12.1. The Bertz CT molecular complexity index is 749. The van der Waals surface area contributed by atoms with E-state index in [4.69, 9.17) is 4.74 Å². The summed E-state index contributed by atoms with van der Waals surface area (Å²) in [7, 11) is 0. The first-order valence-electron chi connectivity index (χ1n) is 7.54. The number of nitro benzene ring substituents is 1. The van der Waals surface area contributed by atoms with Gasteiger partial charge < -0.3 is 15.4 Å². The summed E-state index contributed by atoms with van der Waals surface area (Å²) in [6.45, 7) is -0.0966. The highest BCUT2D eigenvalue weighted by atomic mass is 16.6. The van der Waals surface area contributed by atoms with Gasteiger partial charge in [0.1, 0.15) is 6.61 Å². The predicted octanol–water partition coefficient (Wildman–Crippen LogP) is 2.85. The standard InChI is InChI=1S/C17H17N3O5/c21-16(25-12-13-6-4-5-9-15(13)20(23)24)10-11-18-17(22)19-14-7-2-1-3-8-14/h1-9H,10-12H2,(H2,18,19,22). The van der Waals surface area contributed by atoms with Gasteiger partial charge in [-0.05, 0) is 18.2 Å². The van der Waals surface area contributed by atoms with E-state index in [0.29, 0.717) is 11.3 Å². The van der Waals surface area contributed by atoms with Crippen LogP contribution in [-0.4, -0.2) is 23.5 Å². The Morgan fingerprint density at radius 1 is 1.04 bits per heavy atom. The first kappa shape index (κ1) is 17.9. The van der Waals surface area contributed by atoms with Gasteiger partial charge >= 0.3 is 12.0 Å². The molecule has 0 aliphatic carbocycles. The SMILES string of the molecule is O=C(NCCC(=O)OCc1ccccc1[N+](=O)[O-])Nc1ccccc1. The third-order valence-corrected chi connectivity index (χ3v) is 3.22. The van der Waals surface area contributed by atoms with Crippen LogP contribution in [-0.2, 0) is 16.1 Å². The number of anilines is 1. The van der Waals surface area contributed by atoms with Gasteiger partial charge in [-0.2, -0.15) is 0 Å². The van der Waals surface area contributed by atoms with Crippen LogP contribution in [0.5, 0.6) is 0 Å². The molecule has 0 bridgehead atoms. The van der Waals surface area contributed by atoms with Crippen LogP contribution in [0.2, 0.25) is 0 Å². The smallest absolute Gasteiger partial charge is 0.319 e. The number of urea groups is 1. The Morgan fingerprint density at radius 2 is 1.72 bits per heavy atom. The number of nitrogens with one attached hydrogen (secondary N) is 2. The number of hydrogen-bond donors (Lipinski definition) is 2. The molecule has 0 spiro atoms. The summed E-state index contributed by atoms with van der Waals surface area (Å²) in [6, 6.07) is 14.5. The molecule has 8 heteroatoms. The van der Waals surface area contributed by atoms with E-state index in [-0.39, 0.29) is 25.3 Å². The number of carbonyl (C=O) groups excluding carboxylic acids is 2. The molecule has 0 fully saturated rings. The molecule has 2 rings (SSSR count). The number of hydrogen-bond acceptors (Lipinski definition) is 5. The second kappa shape index (κ2) is 9.02. The van der Waals surface area contributed by atoms with E-state index in [9.17, 15) is 19.7 Å². The number of ether oxygens (including phenoxy) is 1. The van der Waals surface area contributed by atoms with E-state index in [0.717, 1.165) is 0 Å². The van der Waals surface area contributed by atoms with E-state index in [2.05, 4.69) is 10.6 Å². The number of amides is 2. The summed E-state index contributed by atoms with van der Waals surface area (Å²) in [4.78, 5) is 33.7. The summed E-state index contributed by atoms with van der Waals surface area (Å²) in [5, 5.41) is 16.0. The van der Waals surface area contributed by atoms with Crippen molar-refractivity contribution < 1.29 is 19.2 Å². The number of rotatable bonds is 7. The number of para-hydroxylation sites is 2. The molecule has 2 amide bonds. The Balaban J connectivity index is 1.71. The molecule has 0 aliphatic heterocycles. The van der Waals surface area contributed by atoms with Crippen LogP contribution in [0.25, 0.3) is 0 Å². The van der Waals surface area contributed by atoms with Crippen molar-refractivity contribution in [1.29, 1.82) is 0 Å². The third-order valence-electron chi connectivity index (χ3n) is 3.22. The quantitative estimate of drug-likeness (QED) is 0.456. The fourth-order valence-electron chi connectivity index (χ4n) is 2.02. The number of benzene rings is 2. The van der Waals surface area contributed by atoms with Crippen molar-refractivity contribution in [2.45, 2.75) is 13.0 Å². The molecule has 2 aromatic rings. The van der Waals surface area contributed by atoms with Crippen molar-refractivity contribution in [3.8, 4) is 0 Å². The maximum Gasteiger partial charge on any atom is 0.319 e. The molecule has 0 saturated heterocycles. The Hall–Kier alpha value is -3.42. The molecule has 8 nitrogen and oxygen atoms in total. The molecular formula is C17H17N3O5. The first-order valence-corrected chi connectivity index (χ1v) is 7.54. The lowest BCUT2D eigenvalue weighted by atomic mass is 10.2. The fraction of sp³-hybridized carbons (Fsp3) is 0.176. The minimum atomic E-state index is -0.557. The summed E-state index contributed by atoms with van der Waals surface area (Å²) in [5.74, 6) is -0.557. The minimum absolute atomic E-state index is 0.0388. The van der Waals surface area contributed by atoms with Crippen LogP contribution in [0, 0.1) is 10.1 Å². The predicted molar refractivity (Wildman–Crippen MR) is 91.0 cm³/mol. The van der Waals surface area contributed by atoms with Crippen LogP contribution < -0.4 is 10.6 Å². The Kier molecular flexibility index (Phi) is 6.47. The summed E-state index contributed by atoms with van der Waals surface area (Å²) in [5.41, 5.74) is 0.852. The maximum atomic E-state index is 11.7. The molecule has 0 aromatic heterocycles. The van der Waals surface area contributed by atoms with Gasteiger partial charge in [-0.3, -0.25) is 14.9 Å². The van der Waals surface area contributed by atoms with E-state index >= 15 is 0 Å². The molecule has 0 atom stereocenters. The zero-order valence-electron chi connectivity index (χ0n) is 13.3. The normalized spacial score (nSPS) is 9.92. The lowest BCUT2D eigenvalue weighted by Gasteiger charge is -2.08. The Morgan fingerprint density at radius 3 is 2.44 bits per heavy atom. The highest BCUT2D eigenvalue weighted by Crippen LogP contribution is 2.18. The van der Waals surface area contributed by atoms with Crippen LogP contribution in [0.15, 0.2) is 54.6 Å². The highest BCUT2D eigenvalue weighted by molar-refractivity contribution is 5.89. The second-order valence-corrected chi connectivity index (χ2v) is 5.04. The summed E-state index contributed by atoms with van der Waals surface area (Å²) >= 11 is 0. The average molecular weight is 343 g/mol. The summed E-state index contributed by atoms with van der Waals surface area (Å²) in [6.07, 6.45) is -0.0388. The van der Waals surface area contributed by atoms with Crippen molar-refractivity contribution in [2.75, 3.05) is 11.9 Å². The van der Waals surface area contributed by atoms with Crippen molar-refractivity contribution in [1.82, 2.24) is 5.32 Å². The zero-order chi connectivity index (χ0) is 18.1. The van der Waals surface area contributed by atoms with Gasteiger partial charge in [-0.25, -0.2) is 4.79 Å². The molecule has 0 radical (unpaired) electrons. The molecule has 0 saturated carbocycles. The third kappa shape index (κ3) is 5.94. The van der Waals surface area contributed by atoms with Crippen LogP contribution >= 0.6 is 0 Å². The topological polar surface area (TPSA) is 111 Å². The van der Waals surface area contributed by atoms with E-state index < -0.39 is 16.9 Å². The van der Waals surface area contributed by atoms with Crippen LogP contribution in [0.3, 0.4) is 0 Å². The van der Waals surface area contributed by atoms with Gasteiger partial charge in [0.2, 0.25) is 0 Å². The van der Waals surface area contributed by atoms with E-state index in [1.807, 2.05) is 6.07 Å². The van der Waals surface area contributed by atoms with Crippen LogP contribution in [0.4, 0.5) is 16.2 Å². The number of nitro groups is 1. The van der Waals surface area contributed by atoms with Crippen molar-refractivity contribution in [3.05, 3.63) is 70.3 Å². The van der Waals surface area contributed by atoms with Gasteiger partial charge in [0.25, 0.3) is 5.69 Å². The lowest BCUT2D eigenvalue weighted by Crippen LogP contribution is -2.30. The van der Waals surface area contributed by atoms with Crippen molar-refractivity contribution in [3.63, 3.8) is 0 Å². The van der Waals surface area contributed by atoms with Gasteiger partial charge in [-0.15, -0.1) is 0 Å². The van der Waals surface area contributed by atoms with Crippen molar-refractivity contribution >= 4 is 23.4 Å². The lowest BCUT2D eigenvalue weighted by molar-refractivity contribution is -0.385. The molecule has 0 unspecified atom stereocenters. The molecule has 0 heterocycles. The number of esters is 1. The van der Waals surface area contributed by atoms with Gasteiger partial charge in [0.15, 0.2) is 0 Å². The zero-order valence-corrected chi connectivity index (χ0v) is 13.3. The molecule has 2 N–H and O–H groups in total. The minimum Gasteiger partial charge on any atom is -0.460 e. The molecular weight excluding hydrogens is 326 g/mol. The van der Waals surface area contributed by atoms with Crippen LogP contribution in [0.1, 0.15) is 12.0 Å². The number of nitrogens with zero attached hydrogens (tertiary/aromatic N) is 1. The van der Waals surface area contributed by atoms with Crippen molar-refractivity contribution in [2.24, 2.45) is 0 Å². The fourth-order valence-corrected chi connectivity index (χ4v) is 2.02. The van der Waals surface area contributed by atoms with E-state index in [1.54, 1.807) is 36.4 Å². The Labute approximate surface area is 144 Å². The maximum absolute atomic E-state index is 11.7. The van der Waals surface area contributed by atoms with Gasteiger partial charge in [-0.1, -0.05) is 30.3 Å². The highest BCUT2D eigenvalue weighted by Gasteiger charge is 2.14. The molecule has 0 aliphatic rings. The largest absolute Gasteiger partial charge is 0.460 e. The van der Waals surface area contributed by atoms with Gasteiger partial charge in [0, 0.05) is 18.3 Å². The number of carbonyl (C=O) groups is 2. The average Bonchev–Trinajstić information content (AvgIpc) is 2.61. The summed E-state index contributed by atoms with van der Waals surface area (Å²) < 4.78 is 5.00. The monoisotopic (exact) mass is 343 g/mol. The molecule has 2 aromatic carbocycles. The second-order valence-electron chi connectivity index (χ2n) is 5.04. The van der Waals surface area contributed by atoms with E-state index in [1.165, 1.54) is 12.1 Å². The van der Waals surface area contributed by atoms with Gasteiger partial charge in [0.05, 0.1) is 16.9 Å².